The van der Waals surface area contributed by atoms with Crippen LogP contribution in [-0.4, -0.2) is 27.6 Å². The van der Waals surface area contributed by atoms with Crippen molar-refractivity contribution < 1.29 is 23.8 Å². The summed E-state index contributed by atoms with van der Waals surface area (Å²) in [5, 5.41) is 9.34. The average Bonchev–Trinajstić information content (AvgIpc) is 3.03. The zero-order valence-electron chi connectivity index (χ0n) is 13.9. The number of ether oxygens (including phenoxy) is 1. The van der Waals surface area contributed by atoms with E-state index in [0.29, 0.717) is 16.1 Å². The van der Waals surface area contributed by atoms with Crippen LogP contribution in [0.4, 0.5) is 15.2 Å². The molecule has 0 bridgehead atoms. The van der Waals surface area contributed by atoms with Crippen molar-refractivity contribution in [3.63, 3.8) is 0 Å². The number of aliphatic carboxylic acids is 1. The van der Waals surface area contributed by atoms with Crippen LogP contribution in [0.1, 0.15) is 13.3 Å². The van der Waals surface area contributed by atoms with E-state index in [1.54, 1.807) is 24.3 Å². The average molecular weight is 407 g/mol. The van der Waals surface area contributed by atoms with Gasteiger partial charge in [-0.2, -0.15) is 0 Å². The normalized spacial score (nSPS) is 19.1. The van der Waals surface area contributed by atoms with Crippen molar-refractivity contribution in [1.82, 2.24) is 4.98 Å². The maximum absolute atomic E-state index is 13.7. The highest BCUT2D eigenvalue weighted by molar-refractivity contribution is 7.22. The molecule has 1 aromatic heterocycles. The Morgan fingerprint density at radius 3 is 2.85 bits per heavy atom. The number of nitrogens with zero attached hydrogens (tertiary/aromatic N) is 2. The number of benzene rings is 2. The number of halogens is 2. The summed E-state index contributed by atoms with van der Waals surface area (Å²) in [5.41, 5.74) is -0.929. The van der Waals surface area contributed by atoms with Crippen LogP contribution in [0, 0.1) is 5.82 Å². The second kappa shape index (κ2) is 6.17. The number of para-hydroxylation sites is 2. The molecule has 6 nitrogen and oxygen atoms in total. The van der Waals surface area contributed by atoms with Crippen LogP contribution < -0.4 is 9.64 Å². The molecule has 27 heavy (non-hydrogen) atoms. The Hall–Kier alpha value is -2.71. The van der Waals surface area contributed by atoms with Crippen LogP contribution in [0.2, 0.25) is 5.02 Å². The van der Waals surface area contributed by atoms with Gasteiger partial charge < -0.3 is 9.84 Å². The maximum Gasteiger partial charge on any atom is 0.307 e. The van der Waals surface area contributed by atoms with Crippen molar-refractivity contribution in [1.29, 1.82) is 0 Å². The van der Waals surface area contributed by atoms with Gasteiger partial charge in [0.05, 0.1) is 16.8 Å². The van der Waals surface area contributed by atoms with Crippen molar-refractivity contribution in [3.05, 3.63) is 47.2 Å². The Labute approximate surface area is 161 Å². The van der Waals surface area contributed by atoms with E-state index >= 15 is 0 Å². The number of thiazole rings is 1. The first-order valence-corrected chi connectivity index (χ1v) is 9.08. The second-order valence-electron chi connectivity index (χ2n) is 6.22. The van der Waals surface area contributed by atoms with E-state index < -0.39 is 29.7 Å². The third kappa shape index (κ3) is 2.81. The minimum atomic E-state index is -1.60. The molecular formula is C18H12ClFN2O4S. The number of fused-ring (bicyclic) bond motifs is 2. The zero-order valence-corrected chi connectivity index (χ0v) is 15.5. The number of carboxylic acids is 1. The number of amides is 1. The highest BCUT2D eigenvalue weighted by Crippen LogP contribution is 2.45. The van der Waals surface area contributed by atoms with Gasteiger partial charge in [-0.25, -0.2) is 14.3 Å². The fourth-order valence-electron chi connectivity index (χ4n) is 2.97. The van der Waals surface area contributed by atoms with Gasteiger partial charge in [0.25, 0.3) is 5.91 Å². The lowest BCUT2D eigenvalue weighted by Crippen LogP contribution is -2.53. The molecule has 0 saturated heterocycles. The van der Waals surface area contributed by atoms with E-state index in [4.69, 9.17) is 16.3 Å². The summed E-state index contributed by atoms with van der Waals surface area (Å²) in [4.78, 5) is 30.1. The standard InChI is InChI=1S/C18H12ClFN2O4S/c1-18(8-13(23)24)16(25)22(10-4-2-3-5-11(10)26-18)17-21-15-12(27-17)7-6-9(20)14(15)19/h2-7H,8H2,1H3,(H,23,24). The fraction of sp³-hybridized carbons (Fsp3) is 0.167. The van der Waals surface area contributed by atoms with Crippen molar-refractivity contribution in [3.8, 4) is 5.75 Å². The monoisotopic (exact) mass is 406 g/mol. The summed E-state index contributed by atoms with van der Waals surface area (Å²) in [6, 6.07) is 9.53. The van der Waals surface area contributed by atoms with E-state index in [2.05, 4.69) is 4.98 Å². The number of aromatic nitrogens is 1. The largest absolute Gasteiger partial charge is 0.481 e. The summed E-state index contributed by atoms with van der Waals surface area (Å²) in [6.45, 7) is 1.42. The van der Waals surface area contributed by atoms with E-state index in [-0.39, 0.29) is 15.7 Å². The maximum atomic E-state index is 13.7. The van der Waals surface area contributed by atoms with Gasteiger partial charge in [0, 0.05) is 0 Å². The summed E-state index contributed by atoms with van der Waals surface area (Å²) in [5.74, 6) is -1.98. The molecule has 1 unspecified atom stereocenters. The minimum Gasteiger partial charge on any atom is -0.481 e. The first-order chi connectivity index (χ1) is 12.8. The van der Waals surface area contributed by atoms with Crippen molar-refractivity contribution >= 4 is 55.8 Å². The Bertz CT molecular complexity index is 1100. The van der Waals surface area contributed by atoms with E-state index in [1.165, 1.54) is 24.0 Å². The van der Waals surface area contributed by atoms with Crippen LogP contribution in [0.15, 0.2) is 36.4 Å². The third-order valence-corrected chi connectivity index (χ3v) is 5.58. The Kier molecular flexibility index (Phi) is 4.05. The van der Waals surface area contributed by atoms with Gasteiger partial charge in [-0.3, -0.25) is 9.59 Å². The molecule has 2 aromatic carbocycles. The van der Waals surface area contributed by atoms with Crippen LogP contribution in [0.3, 0.4) is 0 Å². The molecule has 0 aliphatic carbocycles. The highest BCUT2D eigenvalue weighted by atomic mass is 35.5. The molecule has 0 radical (unpaired) electrons. The van der Waals surface area contributed by atoms with Gasteiger partial charge in [0.1, 0.15) is 22.1 Å². The molecule has 0 saturated carbocycles. The lowest BCUT2D eigenvalue weighted by molar-refractivity contribution is -0.148. The molecule has 0 fully saturated rings. The van der Waals surface area contributed by atoms with Gasteiger partial charge in [-0.15, -0.1) is 0 Å². The van der Waals surface area contributed by atoms with E-state index in [0.717, 1.165) is 11.3 Å². The first-order valence-electron chi connectivity index (χ1n) is 7.89. The van der Waals surface area contributed by atoms with Crippen molar-refractivity contribution in [2.75, 3.05) is 4.90 Å². The molecule has 9 heteroatoms. The number of carbonyl (C=O) groups is 2. The molecule has 0 spiro atoms. The SMILES string of the molecule is CC1(CC(=O)O)Oc2ccccc2N(c2nc3c(Cl)c(F)ccc3s2)C1=O. The quantitative estimate of drug-likeness (QED) is 0.698. The van der Waals surface area contributed by atoms with Gasteiger partial charge in [0.2, 0.25) is 0 Å². The predicted octanol–water partition coefficient (Wildman–Crippen LogP) is 4.38. The summed E-state index contributed by atoms with van der Waals surface area (Å²) < 4.78 is 20.1. The topological polar surface area (TPSA) is 79.7 Å². The summed E-state index contributed by atoms with van der Waals surface area (Å²) in [6.07, 6.45) is -0.517. The van der Waals surface area contributed by atoms with Gasteiger partial charge >= 0.3 is 5.97 Å². The number of carbonyl (C=O) groups excluding carboxylic acids is 1. The molecule has 2 heterocycles. The van der Waals surface area contributed by atoms with E-state index in [9.17, 15) is 19.1 Å². The Balaban J connectivity index is 1.91. The molecule has 1 atom stereocenters. The Morgan fingerprint density at radius 2 is 2.11 bits per heavy atom. The van der Waals surface area contributed by atoms with Crippen LogP contribution in [-0.2, 0) is 9.59 Å². The predicted molar refractivity (Wildman–Crippen MR) is 99.5 cm³/mol. The first kappa shape index (κ1) is 17.7. The summed E-state index contributed by atoms with van der Waals surface area (Å²) in [7, 11) is 0. The Morgan fingerprint density at radius 1 is 1.37 bits per heavy atom. The molecule has 3 aromatic rings. The molecule has 1 aliphatic heterocycles. The third-order valence-electron chi connectivity index (χ3n) is 4.22. The highest BCUT2D eigenvalue weighted by Gasteiger charge is 2.47. The number of rotatable bonds is 3. The van der Waals surface area contributed by atoms with Gasteiger partial charge in [-0.05, 0) is 31.2 Å². The number of anilines is 2. The molecule has 138 valence electrons. The molecule has 1 aliphatic rings. The van der Waals surface area contributed by atoms with Gasteiger partial charge in [-0.1, -0.05) is 35.1 Å². The number of hydrogen-bond acceptors (Lipinski definition) is 5. The number of carboxylic acid groups (broad SMARTS) is 1. The van der Waals surface area contributed by atoms with Crippen molar-refractivity contribution in [2.45, 2.75) is 18.9 Å². The molecule has 1 amide bonds. The van der Waals surface area contributed by atoms with Gasteiger partial charge in [0.15, 0.2) is 10.7 Å². The number of hydrogen-bond donors (Lipinski definition) is 1. The lowest BCUT2D eigenvalue weighted by Gasteiger charge is -2.38. The zero-order chi connectivity index (χ0) is 19.3. The smallest absolute Gasteiger partial charge is 0.307 e. The molecular weight excluding hydrogens is 395 g/mol. The molecule has 4 rings (SSSR count). The lowest BCUT2D eigenvalue weighted by atomic mass is 9.97. The summed E-state index contributed by atoms with van der Waals surface area (Å²) >= 11 is 7.16. The fourth-order valence-corrected chi connectivity index (χ4v) is 4.22. The molecule has 1 N–H and O–H groups in total. The van der Waals surface area contributed by atoms with Crippen LogP contribution >= 0.6 is 22.9 Å². The minimum absolute atomic E-state index is 0.128. The van der Waals surface area contributed by atoms with Crippen LogP contribution in [0.25, 0.3) is 10.2 Å². The van der Waals surface area contributed by atoms with E-state index in [1.807, 2.05) is 0 Å². The van der Waals surface area contributed by atoms with Crippen molar-refractivity contribution in [2.24, 2.45) is 0 Å². The second-order valence-corrected chi connectivity index (χ2v) is 7.60. The van der Waals surface area contributed by atoms with Crippen LogP contribution in [0.5, 0.6) is 5.75 Å².